The molecule has 1 aliphatic rings. The summed E-state index contributed by atoms with van der Waals surface area (Å²) < 4.78 is 4.92. The van der Waals surface area contributed by atoms with Crippen molar-refractivity contribution in [3.63, 3.8) is 0 Å². The molecule has 0 aromatic heterocycles. The minimum absolute atomic E-state index is 0.0474. The highest BCUT2D eigenvalue weighted by molar-refractivity contribution is 5.69. The predicted octanol–water partition coefficient (Wildman–Crippen LogP) is 3.67. The van der Waals surface area contributed by atoms with Gasteiger partial charge in [0.2, 0.25) is 0 Å². The summed E-state index contributed by atoms with van der Waals surface area (Å²) in [6.45, 7) is 5.77. The highest BCUT2D eigenvalue weighted by Crippen LogP contribution is 2.26. The second-order valence-corrected chi connectivity index (χ2v) is 5.63. The van der Waals surface area contributed by atoms with E-state index in [9.17, 15) is 4.79 Å². The lowest BCUT2D eigenvalue weighted by Gasteiger charge is -2.31. The summed E-state index contributed by atoms with van der Waals surface area (Å²) in [6.07, 6.45) is 10.7. The molecule has 0 aliphatic heterocycles. The summed E-state index contributed by atoms with van der Waals surface area (Å²) in [5, 5.41) is 3.72. The molecule has 1 saturated carbocycles. The molecule has 2 atom stereocenters. The quantitative estimate of drug-likeness (QED) is 0.513. The number of unbranched alkanes of at least 4 members (excludes halogenated alkanes) is 2. The SMILES string of the molecule is CCOC(=O)CCCCCNC1CCCCC1CC. The van der Waals surface area contributed by atoms with Gasteiger partial charge in [0.1, 0.15) is 0 Å². The van der Waals surface area contributed by atoms with E-state index < -0.39 is 0 Å². The van der Waals surface area contributed by atoms with Crippen LogP contribution in [0, 0.1) is 5.92 Å². The first-order valence-corrected chi connectivity index (χ1v) is 8.16. The lowest BCUT2D eigenvalue weighted by molar-refractivity contribution is -0.143. The number of carbonyl (C=O) groups is 1. The first-order valence-electron chi connectivity index (χ1n) is 8.16. The number of ether oxygens (including phenoxy) is 1. The summed E-state index contributed by atoms with van der Waals surface area (Å²) in [5.74, 6) is 0.835. The normalized spacial score (nSPS) is 23.3. The molecule has 0 amide bonds. The number of hydrogen-bond donors (Lipinski definition) is 1. The molecule has 1 rings (SSSR count). The fourth-order valence-electron chi connectivity index (χ4n) is 3.06. The Kier molecular flexibility index (Phi) is 8.89. The number of rotatable bonds is 9. The maximum Gasteiger partial charge on any atom is 0.305 e. The number of carbonyl (C=O) groups excluding carboxylic acids is 1. The van der Waals surface area contributed by atoms with Gasteiger partial charge in [0, 0.05) is 12.5 Å². The van der Waals surface area contributed by atoms with Crippen molar-refractivity contribution in [1.29, 1.82) is 0 Å². The van der Waals surface area contributed by atoms with Crippen LogP contribution < -0.4 is 5.32 Å². The molecule has 0 aromatic carbocycles. The lowest BCUT2D eigenvalue weighted by atomic mass is 9.83. The van der Waals surface area contributed by atoms with Crippen LogP contribution in [0.4, 0.5) is 0 Å². The van der Waals surface area contributed by atoms with E-state index in [-0.39, 0.29) is 5.97 Å². The van der Waals surface area contributed by atoms with Crippen LogP contribution in [0.25, 0.3) is 0 Å². The Morgan fingerprint density at radius 1 is 1.16 bits per heavy atom. The summed E-state index contributed by atoms with van der Waals surface area (Å²) in [7, 11) is 0. The summed E-state index contributed by atoms with van der Waals surface area (Å²) >= 11 is 0. The van der Waals surface area contributed by atoms with Gasteiger partial charge in [-0.2, -0.15) is 0 Å². The van der Waals surface area contributed by atoms with E-state index >= 15 is 0 Å². The minimum Gasteiger partial charge on any atom is -0.466 e. The van der Waals surface area contributed by atoms with Crippen LogP contribution in [0.3, 0.4) is 0 Å². The highest BCUT2D eigenvalue weighted by Gasteiger charge is 2.22. The summed E-state index contributed by atoms with van der Waals surface area (Å²) in [4.78, 5) is 11.2. The van der Waals surface area contributed by atoms with Crippen LogP contribution in [-0.2, 0) is 9.53 Å². The maximum absolute atomic E-state index is 11.2. The van der Waals surface area contributed by atoms with Gasteiger partial charge >= 0.3 is 5.97 Å². The van der Waals surface area contributed by atoms with Crippen LogP contribution >= 0.6 is 0 Å². The minimum atomic E-state index is -0.0474. The zero-order valence-corrected chi connectivity index (χ0v) is 12.7. The molecule has 0 aromatic rings. The van der Waals surface area contributed by atoms with E-state index in [2.05, 4.69) is 12.2 Å². The Balaban J connectivity index is 1.99. The van der Waals surface area contributed by atoms with Crippen molar-refractivity contribution in [2.24, 2.45) is 5.92 Å². The Morgan fingerprint density at radius 3 is 2.68 bits per heavy atom. The molecule has 1 N–H and O–H groups in total. The molecule has 0 heterocycles. The zero-order chi connectivity index (χ0) is 13.9. The smallest absolute Gasteiger partial charge is 0.305 e. The van der Waals surface area contributed by atoms with E-state index in [0.717, 1.165) is 31.3 Å². The van der Waals surface area contributed by atoms with Gasteiger partial charge in [0.25, 0.3) is 0 Å². The third kappa shape index (κ3) is 6.95. The third-order valence-electron chi connectivity index (χ3n) is 4.20. The van der Waals surface area contributed by atoms with E-state index in [4.69, 9.17) is 4.74 Å². The van der Waals surface area contributed by atoms with Crippen molar-refractivity contribution in [3.8, 4) is 0 Å². The van der Waals surface area contributed by atoms with Crippen LogP contribution in [0.1, 0.15) is 71.6 Å². The van der Waals surface area contributed by atoms with Gasteiger partial charge in [-0.3, -0.25) is 4.79 Å². The Hall–Kier alpha value is -0.570. The van der Waals surface area contributed by atoms with Crippen molar-refractivity contribution >= 4 is 5.97 Å². The molecule has 0 spiro atoms. The van der Waals surface area contributed by atoms with Crippen LogP contribution in [-0.4, -0.2) is 25.2 Å². The van der Waals surface area contributed by atoms with Gasteiger partial charge in [0.15, 0.2) is 0 Å². The predicted molar refractivity (Wildman–Crippen MR) is 79.1 cm³/mol. The third-order valence-corrected chi connectivity index (χ3v) is 4.20. The Bertz CT molecular complexity index is 243. The molecule has 19 heavy (non-hydrogen) atoms. The molecule has 1 aliphatic carbocycles. The highest BCUT2D eigenvalue weighted by atomic mass is 16.5. The van der Waals surface area contributed by atoms with Crippen molar-refractivity contribution < 1.29 is 9.53 Å². The molecule has 1 fully saturated rings. The van der Waals surface area contributed by atoms with Crippen LogP contribution in [0.5, 0.6) is 0 Å². The maximum atomic E-state index is 11.2. The van der Waals surface area contributed by atoms with Crippen LogP contribution in [0.2, 0.25) is 0 Å². The number of esters is 1. The average molecular weight is 269 g/mol. The standard InChI is InChI=1S/C16H31NO2/c1-3-14-10-7-8-11-15(14)17-13-9-5-6-12-16(18)19-4-2/h14-15,17H,3-13H2,1-2H3. The molecular formula is C16H31NO2. The second kappa shape index (κ2) is 10.2. The zero-order valence-electron chi connectivity index (χ0n) is 12.7. The van der Waals surface area contributed by atoms with Gasteiger partial charge in [-0.25, -0.2) is 0 Å². The Labute approximate surface area is 118 Å². The van der Waals surface area contributed by atoms with Gasteiger partial charge < -0.3 is 10.1 Å². The second-order valence-electron chi connectivity index (χ2n) is 5.63. The summed E-state index contributed by atoms with van der Waals surface area (Å²) in [5.41, 5.74) is 0. The first-order chi connectivity index (χ1) is 9.27. The van der Waals surface area contributed by atoms with E-state index in [1.807, 2.05) is 6.92 Å². The fourth-order valence-corrected chi connectivity index (χ4v) is 3.06. The van der Waals surface area contributed by atoms with E-state index in [1.165, 1.54) is 38.5 Å². The van der Waals surface area contributed by atoms with Crippen LogP contribution in [0.15, 0.2) is 0 Å². The molecule has 3 heteroatoms. The molecule has 112 valence electrons. The molecular weight excluding hydrogens is 238 g/mol. The monoisotopic (exact) mass is 269 g/mol. The van der Waals surface area contributed by atoms with E-state index in [0.29, 0.717) is 13.0 Å². The van der Waals surface area contributed by atoms with Crippen molar-refractivity contribution in [1.82, 2.24) is 5.32 Å². The average Bonchev–Trinajstić information content (AvgIpc) is 2.43. The van der Waals surface area contributed by atoms with Crippen molar-refractivity contribution in [2.45, 2.75) is 77.7 Å². The van der Waals surface area contributed by atoms with E-state index in [1.54, 1.807) is 0 Å². The van der Waals surface area contributed by atoms with Gasteiger partial charge in [-0.15, -0.1) is 0 Å². The van der Waals surface area contributed by atoms with Gasteiger partial charge in [-0.1, -0.05) is 32.6 Å². The largest absolute Gasteiger partial charge is 0.466 e. The van der Waals surface area contributed by atoms with Crippen molar-refractivity contribution in [2.75, 3.05) is 13.2 Å². The molecule has 0 saturated heterocycles. The van der Waals surface area contributed by atoms with Gasteiger partial charge in [0.05, 0.1) is 6.61 Å². The van der Waals surface area contributed by atoms with Crippen molar-refractivity contribution in [3.05, 3.63) is 0 Å². The molecule has 2 unspecified atom stereocenters. The Morgan fingerprint density at radius 2 is 1.95 bits per heavy atom. The lowest BCUT2D eigenvalue weighted by Crippen LogP contribution is -2.38. The summed E-state index contributed by atoms with van der Waals surface area (Å²) in [6, 6.07) is 0.740. The fraction of sp³-hybridized carbons (Fsp3) is 0.938. The van der Waals surface area contributed by atoms with Gasteiger partial charge in [-0.05, 0) is 45.1 Å². The first kappa shape index (κ1) is 16.5. The molecule has 3 nitrogen and oxygen atoms in total. The number of hydrogen-bond acceptors (Lipinski definition) is 3. The number of nitrogens with one attached hydrogen (secondary N) is 1. The molecule has 0 radical (unpaired) electrons. The molecule has 0 bridgehead atoms. The topological polar surface area (TPSA) is 38.3 Å².